The van der Waals surface area contributed by atoms with Crippen molar-refractivity contribution in [3.05, 3.63) is 18.0 Å². The number of alkyl halides is 3. The summed E-state index contributed by atoms with van der Waals surface area (Å²) in [5, 5.41) is 4.18. The van der Waals surface area contributed by atoms with Gasteiger partial charge in [0.15, 0.2) is 0 Å². The average Bonchev–Trinajstić information content (AvgIpc) is 3.06. The number of ether oxygens (including phenoxy) is 1. The van der Waals surface area contributed by atoms with E-state index in [0.717, 1.165) is 31.5 Å². The van der Waals surface area contributed by atoms with Crippen LogP contribution in [-0.4, -0.2) is 70.6 Å². The number of amides is 1. The number of nitrogens with zero attached hydrogens (tertiary/aromatic N) is 4. The fourth-order valence-corrected chi connectivity index (χ4v) is 3.94. The lowest BCUT2D eigenvalue weighted by molar-refractivity contribution is -0.159. The summed E-state index contributed by atoms with van der Waals surface area (Å²) in [4.78, 5) is 16.5. The molecule has 2 fully saturated rings. The van der Waals surface area contributed by atoms with Crippen LogP contribution in [0.25, 0.3) is 0 Å². The second kappa shape index (κ2) is 8.60. The van der Waals surface area contributed by atoms with Crippen molar-refractivity contribution in [3.8, 4) is 0 Å². The Morgan fingerprint density at radius 3 is 2.63 bits per heavy atom. The zero-order valence-corrected chi connectivity index (χ0v) is 15.6. The number of aromatic nitrogens is 2. The predicted octanol–water partition coefficient (Wildman–Crippen LogP) is 2.52. The van der Waals surface area contributed by atoms with E-state index in [9.17, 15) is 18.0 Å². The molecule has 1 aromatic rings. The molecule has 27 heavy (non-hydrogen) atoms. The number of aryl methyl sites for hydroxylation is 1. The van der Waals surface area contributed by atoms with Crippen LogP contribution in [0.15, 0.2) is 12.4 Å². The summed E-state index contributed by atoms with van der Waals surface area (Å²) >= 11 is 0. The molecular weight excluding hydrogens is 361 g/mol. The Morgan fingerprint density at radius 2 is 2.00 bits per heavy atom. The molecule has 2 aliphatic heterocycles. The fourth-order valence-electron chi connectivity index (χ4n) is 3.94. The van der Waals surface area contributed by atoms with Gasteiger partial charge < -0.3 is 14.5 Å². The van der Waals surface area contributed by atoms with Crippen LogP contribution in [0.4, 0.5) is 13.2 Å². The van der Waals surface area contributed by atoms with Gasteiger partial charge in [-0.1, -0.05) is 6.42 Å². The fraction of sp³-hybridized carbons (Fsp3) is 0.778. The van der Waals surface area contributed by atoms with Gasteiger partial charge >= 0.3 is 6.18 Å². The molecule has 6 nitrogen and oxygen atoms in total. The predicted molar refractivity (Wildman–Crippen MR) is 93.0 cm³/mol. The SMILES string of the molecule is Cn1cc([C@H]2[C@H](CN3CCCCC3)OCCN2C(=O)CCC(F)(F)F)cn1. The highest BCUT2D eigenvalue weighted by atomic mass is 19.4. The van der Waals surface area contributed by atoms with E-state index in [1.54, 1.807) is 22.8 Å². The molecule has 2 aliphatic rings. The van der Waals surface area contributed by atoms with Crippen LogP contribution < -0.4 is 0 Å². The van der Waals surface area contributed by atoms with Crippen molar-refractivity contribution < 1.29 is 22.7 Å². The summed E-state index contributed by atoms with van der Waals surface area (Å²) in [6.07, 6.45) is 0.748. The van der Waals surface area contributed by atoms with Gasteiger partial charge in [0, 0.05) is 38.3 Å². The van der Waals surface area contributed by atoms with Gasteiger partial charge in [-0.2, -0.15) is 18.3 Å². The lowest BCUT2D eigenvalue weighted by atomic mass is 9.98. The van der Waals surface area contributed by atoms with Gasteiger partial charge in [-0.15, -0.1) is 0 Å². The molecule has 3 rings (SSSR count). The van der Waals surface area contributed by atoms with Crippen LogP contribution in [0.1, 0.15) is 43.7 Å². The summed E-state index contributed by atoms with van der Waals surface area (Å²) in [6.45, 7) is 3.28. The molecule has 2 saturated heterocycles. The highest BCUT2D eigenvalue weighted by molar-refractivity contribution is 5.77. The van der Waals surface area contributed by atoms with Crippen molar-refractivity contribution in [1.82, 2.24) is 19.6 Å². The van der Waals surface area contributed by atoms with E-state index in [4.69, 9.17) is 4.74 Å². The van der Waals surface area contributed by atoms with Crippen LogP contribution in [0.2, 0.25) is 0 Å². The highest BCUT2D eigenvalue weighted by Gasteiger charge is 2.39. The van der Waals surface area contributed by atoms with Gasteiger partial charge in [-0.25, -0.2) is 0 Å². The molecule has 9 heteroatoms. The smallest absolute Gasteiger partial charge is 0.373 e. The van der Waals surface area contributed by atoms with E-state index < -0.39 is 31.0 Å². The van der Waals surface area contributed by atoms with Crippen LogP contribution in [0, 0.1) is 0 Å². The molecule has 0 bridgehead atoms. The van der Waals surface area contributed by atoms with Crippen LogP contribution in [-0.2, 0) is 16.6 Å². The van der Waals surface area contributed by atoms with E-state index in [0.29, 0.717) is 19.7 Å². The van der Waals surface area contributed by atoms with Crippen molar-refractivity contribution >= 4 is 5.91 Å². The number of likely N-dealkylation sites (tertiary alicyclic amines) is 1. The normalized spacial score (nSPS) is 25.0. The third kappa shape index (κ3) is 5.44. The molecule has 0 saturated carbocycles. The highest BCUT2D eigenvalue weighted by Crippen LogP contribution is 2.32. The monoisotopic (exact) mass is 388 g/mol. The summed E-state index contributed by atoms with van der Waals surface area (Å²) in [5.41, 5.74) is 0.805. The minimum atomic E-state index is -4.33. The zero-order chi connectivity index (χ0) is 19.4. The van der Waals surface area contributed by atoms with Gasteiger partial charge in [-0.3, -0.25) is 9.48 Å². The maximum absolute atomic E-state index is 12.6. The molecule has 1 amide bonds. The number of rotatable bonds is 5. The summed E-state index contributed by atoms with van der Waals surface area (Å²) < 4.78 is 45.4. The second-order valence-electron chi connectivity index (χ2n) is 7.36. The number of hydrogen-bond donors (Lipinski definition) is 0. The Morgan fingerprint density at radius 1 is 1.26 bits per heavy atom. The first-order valence-electron chi connectivity index (χ1n) is 9.52. The summed E-state index contributed by atoms with van der Waals surface area (Å²) in [7, 11) is 1.78. The van der Waals surface area contributed by atoms with E-state index in [1.165, 1.54) is 6.42 Å². The molecule has 152 valence electrons. The first-order chi connectivity index (χ1) is 12.8. The second-order valence-corrected chi connectivity index (χ2v) is 7.36. The Bertz CT molecular complexity index is 628. The van der Waals surface area contributed by atoms with Crippen molar-refractivity contribution in [3.63, 3.8) is 0 Å². The molecule has 0 spiro atoms. The molecule has 2 atom stereocenters. The molecule has 0 aromatic carbocycles. The van der Waals surface area contributed by atoms with E-state index >= 15 is 0 Å². The maximum atomic E-state index is 12.6. The van der Waals surface area contributed by atoms with E-state index in [1.807, 2.05) is 6.20 Å². The van der Waals surface area contributed by atoms with Crippen LogP contribution in [0.5, 0.6) is 0 Å². The Balaban J connectivity index is 1.76. The third-order valence-corrected chi connectivity index (χ3v) is 5.25. The van der Waals surface area contributed by atoms with Gasteiger partial charge in [0.05, 0.1) is 31.4 Å². The largest absolute Gasteiger partial charge is 0.389 e. The van der Waals surface area contributed by atoms with Crippen molar-refractivity contribution in [2.45, 2.75) is 50.4 Å². The Labute approximate surface area is 157 Å². The van der Waals surface area contributed by atoms with Crippen molar-refractivity contribution in [2.75, 3.05) is 32.8 Å². The topological polar surface area (TPSA) is 50.6 Å². The average molecular weight is 388 g/mol. The quantitative estimate of drug-likeness (QED) is 0.778. The van der Waals surface area contributed by atoms with Crippen LogP contribution >= 0.6 is 0 Å². The number of carbonyl (C=O) groups is 1. The van der Waals surface area contributed by atoms with E-state index in [-0.39, 0.29) is 6.10 Å². The molecule has 0 unspecified atom stereocenters. The maximum Gasteiger partial charge on any atom is 0.389 e. The van der Waals surface area contributed by atoms with E-state index in [2.05, 4.69) is 10.00 Å². The Hall–Kier alpha value is -1.61. The first kappa shape index (κ1) is 20.1. The molecule has 0 radical (unpaired) electrons. The van der Waals surface area contributed by atoms with Gasteiger partial charge in [0.25, 0.3) is 0 Å². The zero-order valence-electron chi connectivity index (χ0n) is 15.6. The number of carbonyl (C=O) groups excluding carboxylic acids is 1. The van der Waals surface area contributed by atoms with Crippen molar-refractivity contribution in [2.24, 2.45) is 7.05 Å². The summed E-state index contributed by atoms with van der Waals surface area (Å²) in [5.74, 6) is -0.479. The van der Waals surface area contributed by atoms with Gasteiger partial charge in [-0.05, 0) is 25.9 Å². The molecule has 0 aliphatic carbocycles. The molecule has 0 N–H and O–H groups in total. The first-order valence-corrected chi connectivity index (χ1v) is 9.52. The lowest BCUT2D eigenvalue weighted by Crippen LogP contribution is -2.52. The lowest BCUT2D eigenvalue weighted by Gasteiger charge is -2.43. The Kier molecular flexibility index (Phi) is 6.41. The van der Waals surface area contributed by atoms with Gasteiger partial charge in [0.1, 0.15) is 0 Å². The van der Waals surface area contributed by atoms with Crippen LogP contribution in [0.3, 0.4) is 0 Å². The number of piperidine rings is 1. The minimum Gasteiger partial charge on any atom is -0.373 e. The third-order valence-electron chi connectivity index (χ3n) is 5.25. The number of halogens is 3. The van der Waals surface area contributed by atoms with Gasteiger partial charge in [0.2, 0.25) is 5.91 Å². The number of morpholine rings is 1. The molecule has 3 heterocycles. The molecular formula is C18H27F3N4O2. The minimum absolute atomic E-state index is 0.268. The molecule has 1 aromatic heterocycles. The van der Waals surface area contributed by atoms with Crippen molar-refractivity contribution in [1.29, 1.82) is 0 Å². The summed E-state index contributed by atoms with van der Waals surface area (Å²) in [6, 6.07) is -0.407. The standard InChI is InChI=1S/C18H27F3N4O2/c1-23-12-14(11-22-23)17-15(13-24-7-3-2-4-8-24)27-10-9-25(17)16(26)5-6-18(19,20)21/h11-12,15,17H,2-10,13H2,1H3/t15-,17-/m0/s1. The number of hydrogen-bond acceptors (Lipinski definition) is 4.